The number of fused-ring (bicyclic) bond motifs is 1. The summed E-state index contributed by atoms with van der Waals surface area (Å²) in [5.41, 5.74) is 1.89. The van der Waals surface area contributed by atoms with Gasteiger partial charge in [0.25, 0.3) is 0 Å². The molecule has 1 aliphatic heterocycles. The Labute approximate surface area is 237 Å². The molecule has 1 saturated heterocycles. The van der Waals surface area contributed by atoms with Crippen LogP contribution < -0.4 is 18.9 Å². The quantitative estimate of drug-likeness (QED) is 0.196. The molecular formula is C28H38O13. The van der Waals surface area contributed by atoms with Crippen molar-refractivity contribution >= 4 is 0 Å². The number of methoxy groups -OCH3 is 4. The molecule has 41 heavy (non-hydrogen) atoms. The molecule has 8 atom stereocenters. The van der Waals surface area contributed by atoms with Crippen molar-refractivity contribution in [3.05, 3.63) is 34.9 Å². The summed E-state index contributed by atoms with van der Waals surface area (Å²) in [6, 6.07) is 4.89. The Balaban J connectivity index is 1.80. The topological polar surface area (TPSA) is 197 Å². The van der Waals surface area contributed by atoms with Crippen LogP contribution in [0.25, 0.3) is 0 Å². The predicted molar refractivity (Wildman–Crippen MR) is 142 cm³/mol. The highest BCUT2D eigenvalue weighted by molar-refractivity contribution is 5.64. The lowest BCUT2D eigenvalue weighted by atomic mass is 9.66. The van der Waals surface area contributed by atoms with Crippen LogP contribution in [0.2, 0.25) is 0 Å². The predicted octanol–water partition coefficient (Wildman–Crippen LogP) is -0.139. The van der Waals surface area contributed by atoms with Crippen LogP contribution in [-0.2, 0) is 15.9 Å². The number of aliphatic hydroxyl groups is 5. The van der Waals surface area contributed by atoms with Crippen LogP contribution in [0.4, 0.5) is 0 Å². The second-order valence-electron chi connectivity index (χ2n) is 10.1. The Morgan fingerprint density at radius 3 is 1.93 bits per heavy atom. The largest absolute Gasteiger partial charge is 0.502 e. The molecular weight excluding hydrogens is 544 g/mol. The summed E-state index contributed by atoms with van der Waals surface area (Å²) in [6.07, 6.45) is -6.89. The van der Waals surface area contributed by atoms with Gasteiger partial charge < -0.3 is 64.2 Å². The fourth-order valence-electron chi connectivity index (χ4n) is 5.85. The number of phenols is 2. The van der Waals surface area contributed by atoms with Gasteiger partial charge in [-0.3, -0.25) is 0 Å². The smallest absolute Gasteiger partial charge is 0.201 e. The average molecular weight is 583 g/mol. The number of ether oxygens (including phenoxy) is 6. The van der Waals surface area contributed by atoms with E-state index in [0.717, 1.165) is 5.56 Å². The third-order valence-corrected chi connectivity index (χ3v) is 7.99. The lowest BCUT2D eigenvalue weighted by Gasteiger charge is -2.42. The summed E-state index contributed by atoms with van der Waals surface area (Å²) in [5.74, 6) is -1.45. The van der Waals surface area contributed by atoms with E-state index in [-0.39, 0.29) is 47.7 Å². The Kier molecular flexibility index (Phi) is 9.70. The van der Waals surface area contributed by atoms with Crippen LogP contribution in [0.15, 0.2) is 18.2 Å². The molecule has 1 heterocycles. The summed E-state index contributed by atoms with van der Waals surface area (Å²) >= 11 is 0. The molecule has 4 rings (SSSR count). The zero-order chi connectivity index (χ0) is 30.0. The number of benzene rings is 2. The molecule has 2 aliphatic rings. The number of rotatable bonds is 10. The fourth-order valence-corrected chi connectivity index (χ4v) is 5.85. The number of hydrogen-bond donors (Lipinski definition) is 7. The highest BCUT2D eigenvalue weighted by Crippen LogP contribution is 2.54. The van der Waals surface area contributed by atoms with Gasteiger partial charge in [0.2, 0.25) is 11.5 Å². The Hall–Kier alpha value is -3.04. The van der Waals surface area contributed by atoms with Gasteiger partial charge in [-0.05, 0) is 47.6 Å². The van der Waals surface area contributed by atoms with Gasteiger partial charge in [-0.15, -0.1) is 0 Å². The number of phenolic OH excluding ortho intramolecular Hbond substituents is 2. The van der Waals surface area contributed by atoms with E-state index in [9.17, 15) is 35.7 Å². The van der Waals surface area contributed by atoms with Crippen molar-refractivity contribution < 1.29 is 64.2 Å². The maximum absolute atomic E-state index is 10.9. The number of hydrogen-bond acceptors (Lipinski definition) is 13. The Morgan fingerprint density at radius 1 is 0.780 bits per heavy atom. The van der Waals surface area contributed by atoms with Crippen molar-refractivity contribution in [1.29, 1.82) is 0 Å². The van der Waals surface area contributed by atoms with Crippen LogP contribution in [0.5, 0.6) is 34.5 Å². The summed E-state index contributed by atoms with van der Waals surface area (Å²) < 4.78 is 33.2. The van der Waals surface area contributed by atoms with Gasteiger partial charge in [0, 0.05) is 18.1 Å². The van der Waals surface area contributed by atoms with Crippen LogP contribution in [0.1, 0.15) is 22.6 Å². The van der Waals surface area contributed by atoms with E-state index in [4.69, 9.17) is 28.4 Å². The third-order valence-electron chi connectivity index (χ3n) is 7.99. The number of aliphatic hydroxyl groups excluding tert-OH is 5. The molecule has 1 aliphatic carbocycles. The minimum Gasteiger partial charge on any atom is -0.502 e. The SMILES string of the molecule is COc1cc([C@H]2c3c(cc(OC)c(O)c3OC)C[C@H](CO[C@H]3O[C@H](CO)[C@@H](O)[C@H](O)[C@H]3O)[C@@H]2CO)cc(OC)c1O. The van der Waals surface area contributed by atoms with Crippen molar-refractivity contribution in [2.75, 3.05) is 48.3 Å². The monoisotopic (exact) mass is 582 g/mol. The van der Waals surface area contributed by atoms with Crippen LogP contribution in [0, 0.1) is 11.8 Å². The lowest BCUT2D eigenvalue weighted by molar-refractivity contribution is -0.304. The van der Waals surface area contributed by atoms with Crippen LogP contribution in [-0.4, -0.2) is 115 Å². The lowest BCUT2D eigenvalue weighted by Crippen LogP contribution is -2.59. The first-order valence-electron chi connectivity index (χ1n) is 13.1. The highest BCUT2D eigenvalue weighted by Gasteiger charge is 2.46. The van der Waals surface area contributed by atoms with E-state index in [0.29, 0.717) is 17.5 Å². The second kappa shape index (κ2) is 12.9. The van der Waals surface area contributed by atoms with Gasteiger partial charge in [-0.25, -0.2) is 0 Å². The maximum atomic E-state index is 10.9. The molecule has 0 spiro atoms. The first-order chi connectivity index (χ1) is 19.6. The van der Waals surface area contributed by atoms with Crippen molar-refractivity contribution in [2.24, 2.45) is 11.8 Å². The molecule has 0 bridgehead atoms. The van der Waals surface area contributed by atoms with Gasteiger partial charge in [-0.1, -0.05) is 0 Å². The van der Waals surface area contributed by atoms with Gasteiger partial charge >= 0.3 is 0 Å². The summed E-state index contributed by atoms with van der Waals surface area (Å²) in [4.78, 5) is 0. The maximum Gasteiger partial charge on any atom is 0.201 e. The standard InChI is InChI=1S/C28H38O13/c1-36-16-7-13(8-17(37-2)22(16)31)20-15(9-29)14(5-12-6-18(38-3)24(33)27(39-4)21(12)20)11-40-28-26(35)25(34)23(32)19(10-30)41-28/h6-8,14-15,19-20,23,25-26,28-35H,5,9-11H2,1-4H3/t14-,15+,19-,20-,23-,25+,26-,28+/m1/s1. The summed E-state index contributed by atoms with van der Waals surface area (Å²) in [7, 11) is 5.61. The molecule has 228 valence electrons. The molecule has 2 aromatic rings. The average Bonchev–Trinajstić information content (AvgIpc) is 2.98. The minimum atomic E-state index is -1.60. The van der Waals surface area contributed by atoms with Gasteiger partial charge in [0.15, 0.2) is 29.3 Å². The number of aromatic hydroxyl groups is 2. The van der Waals surface area contributed by atoms with Crippen LogP contribution in [0.3, 0.4) is 0 Å². The van der Waals surface area contributed by atoms with Crippen molar-refractivity contribution in [3.8, 4) is 34.5 Å². The van der Waals surface area contributed by atoms with Gasteiger partial charge in [-0.2, -0.15) is 0 Å². The summed E-state index contributed by atoms with van der Waals surface area (Å²) in [5, 5.41) is 72.5. The van der Waals surface area contributed by atoms with Crippen LogP contribution >= 0.6 is 0 Å². The van der Waals surface area contributed by atoms with E-state index in [1.807, 2.05) is 0 Å². The highest BCUT2D eigenvalue weighted by atomic mass is 16.7. The van der Waals surface area contributed by atoms with Crippen molar-refractivity contribution in [1.82, 2.24) is 0 Å². The molecule has 2 aromatic carbocycles. The minimum absolute atomic E-state index is 0.0677. The van der Waals surface area contributed by atoms with E-state index >= 15 is 0 Å². The zero-order valence-electron chi connectivity index (χ0n) is 23.3. The molecule has 0 unspecified atom stereocenters. The molecule has 13 heteroatoms. The van der Waals surface area contributed by atoms with E-state index in [1.54, 1.807) is 18.2 Å². The van der Waals surface area contributed by atoms with Gasteiger partial charge in [0.1, 0.15) is 24.4 Å². The molecule has 1 fully saturated rings. The third kappa shape index (κ3) is 5.58. The Bertz CT molecular complexity index is 1180. The second-order valence-corrected chi connectivity index (χ2v) is 10.1. The molecule has 7 N–H and O–H groups in total. The first kappa shape index (κ1) is 30.9. The molecule has 0 radical (unpaired) electrons. The molecule has 0 amide bonds. The van der Waals surface area contributed by atoms with E-state index in [1.165, 1.54) is 28.4 Å². The van der Waals surface area contributed by atoms with Gasteiger partial charge in [0.05, 0.1) is 41.7 Å². The Morgan fingerprint density at radius 2 is 1.39 bits per heavy atom. The first-order valence-corrected chi connectivity index (χ1v) is 13.1. The van der Waals surface area contributed by atoms with E-state index < -0.39 is 55.1 Å². The zero-order valence-corrected chi connectivity index (χ0v) is 23.3. The molecule has 13 nitrogen and oxygen atoms in total. The van der Waals surface area contributed by atoms with Crippen molar-refractivity contribution in [2.45, 2.75) is 43.0 Å². The van der Waals surface area contributed by atoms with E-state index in [2.05, 4.69) is 0 Å². The normalized spacial score (nSPS) is 29.5. The molecule has 0 aromatic heterocycles. The molecule has 0 saturated carbocycles. The summed E-state index contributed by atoms with van der Waals surface area (Å²) in [6.45, 7) is -1.01. The fraction of sp³-hybridized carbons (Fsp3) is 0.571. The van der Waals surface area contributed by atoms with Crippen molar-refractivity contribution in [3.63, 3.8) is 0 Å².